The van der Waals surface area contributed by atoms with Crippen molar-refractivity contribution in [1.29, 1.82) is 0 Å². The van der Waals surface area contributed by atoms with Crippen molar-refractivity contribution in [3.8, 4) is 17.2 Å². The van der Waals surface area contributed by atoms with Crippen molar-refractivity contribution >= 4 is 28.7 Å². The Labute approximate surface area is 205 Å². The number of hydrogen-bond acceptors (Lipinski definition) is 8. The first-order valence-corrected chi connectivity index (χ1v) is 11.6. The summed E-state index contributed by atoms with van der Waals surface area (Å²) in [5.41, 5.74) is 2.51. The molecular formula is C25H26FN5O5. The molecule has 3 N–H and O–H groups in total. The van der Waals surface area contributed by atoms with Crippen LogP contribution in [0.1, 0.15) is 28.9 Å². The highest BCUT2D eigenvalue weighted by Crippen LogP contribution is 2.42. The normalized spacial score (nSPS) is 18.0. The molecule has 1 atom stereocenters. The van der Waals surface area contributed by atoms with E-state index in [0.717, 1.165) is 19.2 Å². The third-order valence-electron chi connectivity index (χ3n) is 6.59. The molecule has 0 bridgehead atoms. The Hall–Kier alpha value is -4.12. The standard InChI is InChI=1S/C25H26FN5O5/c1-14-13-36-24-21-17(10-19(26)22(24)30-7-5-29(2)6-8-30)23(34)18(12-31(14)21)25(35)28-27-11-15-3-4-16(32)9-20(15)33/h3-4,9-12,14,32-33H,5-8,13H2,1-2H3,(H,28,35)/b27-11+. The van der Waals surface area contributed by atoms with Crippen LogP contribution in [0.15, 0.2) is 40.4 Å². The van der Waals surface area contributed by atoms with Crippen LogP contribution in [0.2, 0.25) is 0 Å². The molecule has 2 aromatic carbocycles. The second-order valence-corrected chi connectivity index (χ2v) is 9.10. The SMILES string of the molecule is CC1COc2c(N3CCN(C)CC3)c(F)cc3c(=O)c(C(=O)N/N=C/c4ccc(O)cc4O)cn1c23. The fourth-order valence-electron chi connectivity index (χ4n) is 4.56. The van der Waals surface area contributed by atoms with Crippen LogP contribution in [0.5, 0.6) is 17.2 Å². The molecule has 2 aliphatic heterocycles. The first kappa shape index (κ1) is 23.6. The van der Waals surface area contributed by atoms with E-state index in [1.165, 1.54) is 30.6 Å². The van der Waals surface area contributed by atoms with Crippen LogP contribution < -0.4 is 20.5 Å². The number of pyridine rings is 1. The molecule has 2 aliphatic rings. The number of likely N-dealkylation sites (N-methyl/N-ethyl adjacent to an activating group) is 1. The fourth-order valence-corrected chi connectivity index (χ4v) is 4.56. The van der Waals surface area contributed by atoms with Gasteiger partial charge in [-0.25, -0.2) is 9.82 Å². The van der Waals surface area contributed by atoms with Gasteiger partial charge >= 0.3 is 0 Å². The lowest BCUT2D eigenvalue weighted by molar-refractivity contribution is 0.0953. The van der Waals surface area contributed by atoms with Gasteiger partial charge in [-0.3, -0.25) is 9.59 Å². The van der Waals surface area contributed by atoms with Gasteiger partial charge in [0, 0.05) is 44.0 Å². The number of aromatic nitrogens is 1. The average Bonchev–Trinajstić information content (AvgIpc) is 2.84. The first-order chi connectivity index (χ1) is 17.2. The van der Waals surface area contributed by atoms with Crippen molar-refractivity contribution in [2.24, 2.45) is 5.10 Å². The van der Waals surface area contributed by atoms with Gasteiger partial charge in [-0.1, -0.05) is 0 Å². The molecule has 1 fully saturated rings. The topological polar surface area (TPSA) is 120 Å². The summed E-state index contributed by atoms with van der Waals surface area (Å²) in [5, 5.41) is 23.1. The summed E-state index contributed by atoms with van der Waals surface area (Å²) in [7, 11) is 2.01. The Morgan fingerprint density at radius 3 is 2.69 bits per heavy atom. The number of aromatic hydroxyl groups is 2. The highest BCUT2D eigenvalue weighted by molar-refractivity contribution is 6.00. The summed E-state index contributed by atoms with van der Waals surface area (Å²) in [4.78, 5) is 30.3. The number of carbonyl (C=O) groups excluding carboxylic acids is 1. The number of hydrogen-bond donors (Lipinski definition) is 3. The molecule has 0 saturated carbocycles. The molecule has 1 aromatic heterocycles. The number of ether oxygens (including phenoxy) is 1. The fraction of sp³-hybridized carbons (Fsp3) is 0.320. The van der Waals surface area contributed by atoms with Gasteiger partial charge in [-0.15, -0.1) is 0 Å². The first-order valence-electron chi connectivity index (χ1n) is 11.6. The molecule has 36 heavy (non-hydrogen) atoms. The number of nitrogens with one attached hydrogen (secondary N) is 1. The minimum Gasteiger partial charge on any atom is -0.508 e. The smallest absolute Gasteiger partial charge is 0.276 e. The van der Waals surface area contributed by atoms with Gasteiger partial charge in [0.1, 0.15) is 29.4 Å². The van der Waals surface area contributed by atoms with E-state index in [0.29, 0.717) is 30.0 Å². The molecular weight excluding hydrogens is 469 g/mol. The Bertz CT molecular complexity index is 1450. The van der Waals surface area contributed by atoms with E-state index in [1.54, 1.807) is 4.57 Å². The Kier molecular flexibility index (Phi) is 6.00. The number of carbonyl (C=O) groups is 1. The van der Waals surface area contributed by atoms with Crippen LogP contribution >= 0.6 is 0 Å². The van der Waals surface area contributed by atoms with Crippen LogP contribution in [0, 0.1) is 5.82 Å². The molecule has 3 heterocycles. The van der Waals surface area contributed by atoms with Crippen LogP contribution in [-0.4, -0.2) is 71.6 Å². The molecule has 1 saturated heterocycles. The van der Waals surface area contributed by atoms with Gasteiger partial charge in [0.05, 0.1) is 23.2 Å². The van der Waals surface area contributed by atoms with Crippen molar-refractivity contribution in [2.75, 3.05) is 44.7 Å². The van der Waals surface area contributed by atoms with E-state index >= 15 is 4.39 Å². The van der Waals surface area contributed by atoms with Crippen LogP contribution in [-0.2, 0) is 0 Å². The molecule has 0 radical (unpaired) electrons. The Morgan fingerprint density at radius 1 is 1.22 bits per heavy atom. The molecule has 188 valence electrons. The van der Waals surface area contributed by atoms with Gasteiger partial charge in [0.2, 0.25) is 5.43 Å². The molecule has 1 amide bonds. The number of amides is 1. The molecule has 10 nitrogen and oxygen atoms in total. The summed E-state index contributed by atoms with van der Waals surface area (Å²) in [6.45, 7) is 4.96. The lowest BCUT2D eigenvalue weighted by Gasteiger charge is -2.37. The number of phenolic OH excluding ortho intramolecular Hbond substituents is 2. The Balaban J connectivity index is 1.53. The van der Waals surface area contributed by atoms with E-state index < -0.39 is 17.2 Å². The Morgan fingerprint density at radius 2 is 1.97 bits per heavy atom. The van der Waals surface area contributed by atoms with Gasteiger partial charge in [-0.05, 0) is 32.2 Å². The van der Waals surface area contributed by atoms with Gasteiger partial charge in [0.25, 0.3) is 5.91 Å². The van der Waals surface area contributed by atoms with E-state index in [4.69, 9.17) is 4.74 Å². The number of phenols is 2. The van der Waals surface area contributed by atoms with Gasteiger partial charge in [0.15, 0.2) is 11.6 Å². The molecule has 0 spiro atoms. The number of benzene rings is 2. The predicted octanol–water partition coefficient (Wildman–Crippen LogP) is 2.02. The third kappa shape index (κ3) is 4.11. The summed E-state index contributed by atoms with van der Waals surface area (Å²) < 4.78 is 23.2. The van der Waals surface area contributed by atoms with E-state index in [9.17, 15) is 19.8 Å². The molecule has 5 rings (SSSR count). The van der Waals surface area contributed by atoms with Gasteiger partial charge < -0.3 is 29.3 Å². The van der Waals surface area contributed by atoms with Crippen LogP contribution in [0.3, 0.4) is 0 Å². The average molecular weight is 496 g/mol. The van der Waals surface area contributed by atoms with Crippen molar-refractivity contribution in [2.45, 2.75) is 13.0 Å². The second kappa shape index (κ2) is 9.15. The number of halogens is 1. The second-order valence-electron chi connectivity index (χ2n) is 9.10. The largest absolute Gasteiger partial charge is 0.508 e. The van der Waals surface area contributed by atoms with Gasteiger partial charge in [-0.2, -0.15) is 5.10 Å². The number of piperazine rings is 1. The highest BCUT2D eigenvalue weighted by Gasteiger charge is 2.31. The third-order valence-corrected chi connectivity index (χ3v) is 6.59. The summed E-state index contributed by atoms with van der Waals surface area (Å²) in [6.07, 6.45) is 2.64. The lowest BCUT2D eigenvalue weighted by Crippen LogP contribution is -2.45. The van der Waals surface area contributed by atoms with Crippen molar-refractivity contribution in [1.82, 2.24) is 14.9 Å². The predicted molar refractivity (Wildman–Crippen MR) is 133 cm³/mol. The van der Waals surface area contributed by atoms with E-state index in [1.807, 2.05) is 18.9 Å². The minimum absolute atomic E-state index is 0.0553. The molecule has 0 aliphatic carbocycles. The summed E-state index contributed by atoms with van der Waals surface area (Å²) >= 11 is 0. The van der Waals surface area contributed by atoms with Crippen LogP contribution in [0.25, 0.3) is 10.9 Å². The molecule has 1 unspecified atom stereocenters. The zero-order valence-electron chi connectivity index (χ0n) is 19.9. The quantitative estimate of drug-likeness (QED) is 0.374. The number of hydrazone groups is 1. The van der Waals surface area contributed by atoms with Crippen molar-refractivity contribution < 1.29 is 24.1 Å². The number of rotatable bonds is 4. The maximum absolute atomic E-state index is 15.4. The number of nitrogens with zero attached hydrogens (tertiary/aromatic N) is 4. The summed E-state index contributed by atoms with van der Waals surface area (Å²) in [6, 6.07) is 4.89. The summed E-state index contributed by atoms with van der Waals surface area (Å²) in [5.74, 6) is -1.37. The zero-order chi connectivity index (χ0) is 25.6. The van der Waals surface area contributed by atoms with E-state index in [-0.39, 0.29) is 40.7 Å². The van der Waals surface area contributed by atoms with Crippen molar-refractivity contribution in [3.63, 3.8) is 0 Å². The maximum Gasteiger partial charge on any atom is 0.276 e. The highest BCUT2D eigenvalue weighted by atomic mass is 19.1. The molecule has 11 heteroatoms. The van der Waals surface area contributed by atoms with E-state index in [2.05, 4.69) is 15.4 Å². The monoisotopic (exact) mass is 495 g/mol. The zero-order valence-corrected chi connectivity index (χ0v) is 19.9. The van der Waals surface area contributed by atoms with Crippen molar-refractivity contribution in [3.05, 3.63) is 57.6 Å². The maximum atomic E-state index is 15.4. The molecule has 3 aromatic rings. The lowest BCUT2D eigenvalue weighted by atomic mass is 10.0. The number of anilines is 1. The van der Waals surface area contributed by atoms with Crippen LogP contribution in [0.4, 0.5) is 10.1 Å². The minimum atomic E-state index is -0.774.